The first-order chi connectivity index (χ1) is 13.9. The van der Waals surface area contributed by atoms with Gasteiger partial charge in [-0.2, -0.15) is 14.9 Å². The zero-order valence-corrected chi connectivity index (χ0v) is 16.6. The second kappa shape index (κ2) is 7.54. The summed E-state index contributed by atoms with van der Waals surface area (Å²) in [5, 5.41) is 13.9. The van der Waals surface area contributed by atoms with Gasteiger partial charge in [0.15, 0.2) is 5.82 Å². The van der Waals surface area contributed by atoms with Crippen molar-refractivity contribution < 1.29 is 9.53 Å². The Morgan fingerprint density at radius 3 is 2.59 bits per heavy atom. The summed E-state index contributed by atoms with van der Waals surface area (Å²) in [6.07, 6.45) is 0.338. The lowest BCUT2D eigenvalue weighted by molar-refractivity contribution is -0.116. The van der Waals surface area contributed by atoms with Crippen molar-refractivity contribution in [2.75, 3.05) is 11.9 Å². The Balaban J connectivity index is 1.70. The molecule has 1 aliphatic rings. The van der Waals surface area contributed by atoms with E-state index in [2.05, 4.69) is 34.5 Å². The minimum Gasteiger partial charge on any atom is -0.493 e. The Labute approximate surface area is 167 Å². The first kappa shape index (κ1) is 18.9. The molecular weight excluding hydrogens is 370 g/mol. The fourth-order valence-corrected chi connectivity index (χ4v) is 3.51. The summed E-state index contributed by atoms with van der Waals surface area (Å²) < 4.78 is 7.32. The molecule has 1 amide bonds. The predicted octanol–water partition coefficient (Wildman–Crippen LogP) is 2.77. The fourth-order valence-electron chi connectivity index (χ4n) is 3.51. The molecule has 0 unspecified atom stereocenters. The molecule has 3 heterocycles. The molecule has 2 N–H and O–H groups in total. The van der Waals surface area contributed by atoms with Crippen LogP contribution in [0.4, 0.5) is 5.82 Å². The monoisotopic (exact) mass is 393 g/mol. The molecule has 150 valence electrons. The summed E-state index contributed by atoms with van der Waals surface area (Å²) in [7, 11) is 0. The van der Waals surface area contributed by atoms with Crippen molar-refractivity contribution in [3.05, 3.63) is 63.6 Å². The Morgan fingerprint density at radius 2 is 1.93 bits per heavy atom. The van der Waals surface area contributed by atoms with E-state index in [1.807, 2.05) is 31.2 Å². The topological polar surface area (TPSA) is 102 Å². The van der Waals surface area contributed by atoms with E-state index >= 15 is 0 Å². The fraction of sp³-hybridized carbons (Fsp3) is 0.333. The number of H-pyrrole nitrogens is 1. The predicted molar refractivity (Wildman–Crippen MR) is 109 cm³/mol. The number of benzene rings is 1. The smallest absolute Gasteiger partial charge is 0.264 e. The Kier molecular flexibility index (Phi) is 4.92. The second-order valence-electron chi connectivity index (χ2n) is 7.62. The molecule has 2 aromatic heterocycles. The molecule has 0 radical (unpaired) electrons. The maximum absolute atomic E-state index is 12.4. The number of amides is 1. The van der Waals surface area contributed by atoms with Gasteiger partial charge in [-0.1, -0.05) is 26.0 Å². The largest absolute Gasteiger partial charge is 0.493 e. The molecule has 1 aromatic carbocycles. The van der Waals surface area contributed by atoms with E-state index in [1.165, 1.54) is 6.07 Å². The lowest BCUT2D eigenvalue weighted by atomic mass is 9.86. The minimum absolute atomic E-state index is 0.0896. The maximum Gasteiger partial charge on any atom is 0.264 e. The highest BCUT2D eigenvalue weighted by atomic mass is 16.5. The summed E-state index contributed by atoms with van der Waals surface area (Å²) >= 11 is 0. The van der Waals surface area contributed by atoms with Crippen LogP contribution >= 0.6 is 0 Å². The van der Waals surface area contributed by atoms with E-state index in [1.54, 1.807) is 10.7 Å². The van der Waals surface area contributed by atoms with E-state index in [-0.39, 0.29) is 17.4 Å². The van der Waals surface area contributed by atoms with Crippen LogP contribution in [0.5, 0.6) is 5.75 Å². The van der Waals surface area contributed by atoms with E-state index in [0.29, 0.717) is 30.6 Å². The van der Waals surface area contributed by atoms with Crippen molar-refractivity contribution in [1.29, 1.82) is 0 Å². The Hall–Kier alpha value is -3.42. The van der Waals surface area contributed by atoms with Gasteiger partial charge in [-0.15, -0.1) is 0 Å². The molecule has 0 saturated heterocycles. The number of nitrogens with zero attached hydrogens (tertiary/aromatic N) is 3. The van der Waals surface area contributed by atoms with Crippen molar-refractivity contribution in [1.82, 2.24) is 20.0 Å². The second-order valence-corrected chi connectivity index (χ2v) is 7.62. The van der Waals surface area contributed by atoms with Crippen LogP contribution in [0.1, 0.15) is 43.0 Å². The molecule has 8 nitrogen and oxygen atoms in total. The third-order valence-corrected chi connectivity index (χ3v) is 4.85. The number of ether oxygens (including phenoxy) is 1. The number of hydrogen-bond donors (Lipinski definition) is 2. The van der Waals surface area contributed by atoms with E-state index < -0.39 is 0 Å². The molecule has 0 spiro atoms. The third-order valence-electron chi connectivity index (χ3n) is 4.85. The molecule has 0 saturated carbocycles. The molecule has 1 atom stereocenters. The zero-order valence-electron chi connectivity index (χ0n) is 16.6. The molecule has 3 aromatic rings. The van der Waals surface area contributed by atoms with E-state index in [4.69, 9.17) is 4.74 Å². The van der Waals surface area contributed by atoms with Gasteiger partial charge in [0.2, 0.25) is 5.91 Å². The van der Waals surface area contributed by atoms with Gasteiger partial charge in [0.05, 0.1) is 12.3 Å². The number of carbonyl (C=O) groups excluding carboxylic acids is 1. The summed E-state index contributed by atoms with van der Waals surface area (Å²) in [4.78, 5) is 23.8. The number of aromatic nitrogens is 4. The van der Waals surface area contributed by atoms with Gasteiger partial charge >= 0.3 is 0 Å². The van der Waals surface area contributed by atoms with Crippen LogP contribution in [0.25, 0.3) is 5.82 Å². The quantitative estimate of drug-likeness (QED) is 0.694. The molecule has 1 aliphatic heterocycles. The van der Waals surface area contributed by atoms with Gasteiger partial charge in [0.25, 0.3) is 5.56 Å². The highest BCUT2D eigenvalue weighted by molar-refractivity contribution is 5.95. The number of aryl methyl sites for hydroxylation is 1. The van der Waals surface area contributed by atoms with Crippen molar-refractivity contribution in [3.63, 3.8) is 0 Å². The van der Waals surface area contributed by atoms with E-state index in [0.717, 1.165) is 22.6 Å². The summed E-state index contributed by atoms with van der Waals surface area (Å²) in [6.45, 7) is 6.78. The summed E-state index contributed by atoms with van der Waals surface area (Å²) in [6, 6.07) is 10.8. The molecular formula is C21H23N5O3. The standard InChI is InChI=1S/C21H23N5O3/c1-12(2)11-29-15-6-4-14(5-7-15)16-10-19(28)22-21-20(16)13(3)25-26(21)17-8-9-18(27)24-23-17/h4-9,12,16H,10-11H2,1-3H3,(H,22,28)(H,24,27)/t16-/m0/s1. The maximum atomic E-state index is 12.4. The first-order valence-corrected chi connectivity index (χ1v) is 9.60. The normalized spacial score (nSPS) is 15.9. The van der Waals surface area contributed by atoms with Crippen molar-refractivity contribution >= 4 is 11.7 Å². The van der Waals surface area contributed by atoms with Gasteiger partial charge in [0, 0.05) is 24.0 Å². The van der Waals surface area contributed by atoms with Gasteiger partial charge < -0.3 is 10.1 Å². The van der Waals surface area contributed by atoms with Crippen molar-refractivity contribution in [2.24, 2.45) is 5.92 Å². The van der Waals surface area contributed by atoms with Crippen LogP contribution < -0.4 is 15.6 Å². The van der Waals surface area contributed by atoms with Crippen molar-refractivity contribution in [3.8, 4) is 11.6 Å². The lowest BCUT2D eigenvalue weighted by Crippen LogP contribution is -2.25. The number of aromatic amines is 1. The minimum atomic E-state index is -0.298. The summed E-state index contributed by atoms with van der Waals surface area (Å²) in [5.41, 5.74) is 2.48. The van der Waals surface area contributed by atoms with Crippen LogP contribution in [-0.2, 0) is 4.79 Å². The van der Waals surface area contributed by atoms with Crippen molar-refractivity contribution in [2.45, 2.75) is 33.1 Å². The molecule has 0 aliphatic carbocycles. The van der Waals surface area contributed by atoms with Crippen LogP contribution in [-0.4, -0.2) is 32.5 Å². The average Bonchev–Trinajstić information content (AvgIpc) is 3.03. The third kappa shape index (κ3) is 3.78. The van der Waals surface area contributed by atoms with Gasteiger partial charge in [-0.25, -0.2) is 5.10 Å². The highest BCUT2D eigenvalue weighted by Gasteiger charge is 2.32. The van der Waals surface area contributed by atoms with Gasteiger partial charge in [-0.05, 0) is 36.6 Å². The summed E-state index contributed by atoms with van der Waals surface area (Å²) in [5.74, 6) is 2.08. The molecule has 0 bridgehead atoms. The zero-order chi connectivity index (χ0) is 20.5. The SMILES string of the molecule is Cc1nn(-c2ccc(=O)[nH]n2)c2c1[C@H](c1ccc(OCC(C)C)cc1)CC(=O)N2. The average molecular weight is 393 g/mol. The van der Waals surface area contributed by atoms with Crippen LogP contribution in [0.2, 0.25) is 0 Å². The first-order valence-electron chi connectivity index (χ1n) is 9.60. The Morgan fingerprint density at radius 1 is 1.17 bits per heavy atom. The number of carbonyl (C=O) groups is 1. The molecule has 0 fully saturated rings. The number of rotatable bonds is 5. The van der Waals surface area contributed by atoms with Gasteiger partial charge in [-0.3, -0.25) is 9.59 Å². The number of hydrogen-bond acceptors (Lipinski definition) is 5. The molecule has 29 heavy (non-hydrogen) atoms. The van der Waals surface area contributed by atoms with Gasteiger partial charge in [0.1, 0.15) is 11.6 Å². The molecule has 4 rings (SSSR count). The number of anilines is 1. The number of nitrogens with one attached hydrogen (secondary N) is 2. The molecule has 8 heteroatoms. The van der Waals surface area contributed by atoms with Crippen LogP contribution in [0, 0.1) is 12.8 Å². The van der Waals surface area contributed by atoms with Crippen LogP contribution in [0.3, 0.4) is 0 Å². The number of fused-ring (bicyclic) bond motifs is 1. The highest BCUT2D eigenvalue weighted by Crippen LogP contribution is 2.40. The van der Waals surface area contributed by atoms with Crippen LogP contribution in [0.15, 0.2) is 41.2 Å². The lowest BCUT2D eigenvalue weighted by Gasteiger charge is -2.24. The van der Waals surface area contributed by atoms with E-state index in [9.17, 15) is 9.59 Å². The Bertz CT molecular complexity index is 1080.